The number of ether oxygens (including phenoxy) is 2. The Morgan fingerprint density at radius 2 is 2.11 bits per heavy atom. The van der Waals surface area contributed by atoms with E-state index in [4.69, 9.17) is 9.47 Å². The van der Waals surface area contributed by atoms with Gasteiger partial charge in [0.2, 0.25) is 11.7 Å². The van der Waals surface area contributed by atoms with Crippen molar-refractivity contribution >= 4 is 17.8 Å². The van der Waals surface area contributed by atoms with Crippen LogP contribution >= 0.6 is 0 Å². The largest absolute Gasteiger partial charge is 0.457 e. The summed E-state index contributed by atoms with van der Waals surface area (Å²) in [5.41, 5.74) is -1.87. The first-order chi connectivity index (χ1) is 17.0. The van der Waals surface area contributed by atoms with E-state index in [9.17, 15) is 24.2 Å². The molecule has 4 bridgehead atoms. The summed E-state index contributed by atoms with van der Waals surface area (Å²) in [7, 11) is 0. The molecule has 3 saturated carbocycles. The fourth-order valence-electron chi connectivity index (χ4n) is 8.36. The Hall–Kier alpha value is -2.68. The first kappa shape index (κ1) is 23.7. The number of pyridine rings is 1. The normalized spacial score (nSPS) is 44.0. The molecule has 0 radical (unpaired) electrons. The van der Waals surface area contributed by atoms with Crippen molar-refractivity contribution in [3.05, 3.63) is 60.2 Å². The van der Waals surface area contributed by atoms with Gasteiger partial charge >= 0.3 is 5.97 Å². The third-order valence-corrected chi connectivity index (χ3v) is 9.64. The highest BCUT2D eigenvalue weighted by molar-refractivity contribution is 6.05. The van der Waals surface area contributed by atoms with E-state index in [1.165, 1.54) is 30.5 Å². The number of aliphatic hydroxyl groups is 2. The molecule has 3 heterocycles. The van der Waals surface area contributed by atoms with Crippen LogP contribution in [0.25, 0.3) is 6.08 Å². The zero-order valence-corrected chi connectivity index (χ0v) is 20.3. The van der Waals surface area contributed by atoms with Gasteiger partial charge in [-0.1, -0.05) is 32.6 Å². The van der Waals surface area contributed by atoms with Crippen LogP contribution in [0.2, 0.25) is 0 Å². The van der Waals surface area contributed by atoms with Crippen molar-refractivity contribution in [2.75, 3.05) is 6.61 Å². The van der Waals surface area contributed by atoms with Crippen molar-refractivity contribution in [2.24, 2.45) is 34.0 Å². The fourth-order valence-corrected chi connectivity index (χ4v) is 8.36. The zero-order chi connectivity index (χ0) is 25.7. The minimum atomic E-state index is -2.21. The van der Waals surface area contributed by atoms with E-state index in [1.54, 1.807) is 0 Å². The Labute approximate surface area is 208 Å². The van der Waals surface area contributed by atoms with E-state index in [1.807, 2.05) is 0 Å². The Kier molecular flexibility index (Phi) is 4.89. The number of halogens is 1. The summed E-state index contributed by atoms with van der Waals surface area (Å²) in [6.07, 6.45) is 7.61. The van der Waals surface area contributed by atoms with Gasteiger partial charge in [0, 0.05) is 29.5 Å². The molecule has 2 saturated heterocycles. The van der Waals surface area contributed by atoms with Crippen LogP contribution in [-0.4, -0.2) is 51.6 Å². The maximum absolute atomic E-state index is 14.0. The molecule has 6 aliphatic rings. The van der Waals surface area contributed by atoms with Gasteiger partial charge in [0.15, 0.2) is 5.78 Å². The molecule has 7 nitrogen and oxygen atoms in total. The van der Waals surface area contributed by atoms with Crippen molar-refractivity contribution in [3.63, 3.8) is 0 Å². The molecule has 36 heavy (non-hydrogen) atoms. The Morgan fingerprint density at radius 3 is 2.83 bits per heavy atom. The molecule has 190 valence electrons. The van der Waals surface area contributed by atoms with Gasteiger partial charge in [-0.05, 0) is 59.9 Å². The second kappa shape index (κ2) is 7.43. The number of hydrogen-bond donors (Lipinski definition) is 2. The second-order valence-corrected chi connectivity index (χ2v) is 11.7. The summed E-state index contributed by atoms with van der Waals surface area (Å²) in [6.45, 7) is 8.34. The summed E-state index contributed by atoms with van der Waals surface area (Å²) in [6, 6.07) is 2.65. The molecule has 0 unspecified atom stereocenters. The van der Waals surface area contributed by atoms with Crippen LogP contribution in [-0.2, 0) is 19.1 Å². The van der Waals surface area contributed by atoms with Crippen molar-refractivity contribution < 1.29 is 33.7 Å². The Bertz CT molecular complexity index is 1220. The SMILES string of the molecule is C=C1C(=O)[C@]23[C@H](OC(=O)/C=C/c4ccc(F)nc4)[C@H]1CC[C@H]2[C@]12C=CCC(C)(C)[C@H]1[C@H](O)[C@@]3(O)OC2. The highest BCUT2D eigenvalue weighted by Gasteiger charge is 2.86. The standard InChI is InChI=1S/C28H30FNO6/c1-15-17-7-8-18-26-12-4-11-25(2,3)21(26)23(33)28(34,35-14-26)27(18,22(15)32)24(17)36-20(31)10-6-16-5-9-19(29)30-13-16/h4-6,9-10,12-13,17-18,21,23-24,33-34H,1,7-8,11,14H2,2-3H3/b10-6+/t17-,18-,21+,23-,24+,26+,27-,28+/m0/s1. The molecule has 0 aromatic carbocycles. The summed E-state index contributed by atoms with van der Waals surface area (Å²) < 4.78 is 25.1. The lowest BCUT2D eigenvalue weighted by atomic mass is 9.37. The number of Topliss-reactive ketones (excluding diaryl/α,β-unsaturated/α-hetero) is 1. The first-order valence-corrected chi connectivity index (χ1v) is 12.4. The topological polar surface area (TPSA) is 106 Å². The van der Waals surface area contributed by atoms with Gasteiger partial charge in [0.1, 0.15) is 17.6 Å². The number of rotatable bonds is 3. The van der Waals surface area contributed by atoms with Gasteiger partial charge < -0.3 is 19.7 Å². The minimum Gasteiger partial charge on any atom is -0.457 e. The lowest BCUT2D eigenvalue weighted by Crippen LogP contribution is -2.83. The molecule has 2 spiro atoms. The molecule has 2 N–H and O–H groups in total. The van der Waals surface area contributed by atoms with Crippen LogP contribution < -0.4 is 0 Å². The summed E-state index contributed by atoms with van der Waals surface area (Å²) in [5, 5.41) is 23.8. The highest BCUT2D eigenvalue weighted by Crippen LogP contribution is 2.75. The molecule has 8 heteroatoms. The zero-order valence-electron chi connectivity index (χ0n) is 20.3. The van der Waals surface area contributed by atoms with Crippen molar-refractivity contribution in [2.45, 2.75) is 51.1 Å². The number of fused-ring (bicyclic) bond motifs is 2. The molecule has 7 rings (SSSR count). The van der Waals surface area contributed by atoms with E-state index in [-0.39, 0.29) is 23.9 Å². The quantitative estimate of drug-likeness (QED) is 0.287. The maximum atomic E-state index is 14.0. The van der Waals surface area contributed by atoms with Crippen LogP contribution in [0.3, 0.4) is 0 Å². The molecule has 0 amide bonds. The smallest absolute Gasteiger partial charge is 0.331 e. The van der Waals surface area contributed by atoms with Crippen LogP contribution in [0.15, 0.2) is 48.7 Å². The Morgan fingerprint density at radius 1 is 1.33 bits per heavy atom. The third kappa shape index (κ3) is 2.70. The third-order valence-electron chi connectivity index (χ3n) is 9.64. The fraction of sp³-hybridized carbons (Fsp3) is 0.536. The highest BCUT2D eigenvalue weighted by atomic mass is 19.1. The molecule has 2 aliphatic heterocycles. The van der Waals surface area contributed by atoms with E-state index in [2.05, 4.69) is 37.6 Å². The molecule has 1 aromatic rings. The summed E-state index contributed by atoms with van der Waals surface area (Å²) >= 11 is 0. The van der Waals surface area contributed by atoms with Crippen molar-refractivity contribution in [1.82, 2.24) is 4.98 Å². The average Bonchev–Trinajstić information content (AvgIpc) is 2.94. The summed E-state index contributed by atoms with van der Waals surface area (Å²) in [5.74, 6) is -5.15. The number of ketones is 1. The number of allylic oxidation sites excluding steroid dienone is 1. The van der Waals surface area contributed by atoms with E-state index < -0.39 is 52.4 Å². The number of carbonyl (C=O) groups is 2. The van der Waals surface area contributed by atoms with Gasteiger partial charge in [-0.15, -0.1) is 0 Å². The van der Waals surface area contributed by atoms with Gasteiger partial charge in [-0.25, -0.2) is 9.78 Å². The number of esters is 1. The van der Waals surface area contributed by atoms with Crippen LogP contribution in [0.4, 0.5) is 4.39 Å². The van der Waals surface area contributed by atoms with Crippen LogP contribution in [0.5, 0.6) is 0 Å². The Balaban J connectivity index is 1.43. The van der Waals surface area contributed by atoms with E-state index >= 15 is 0 Å². The van der Waals surface area contributed by atoms with Crippen LogP contribution in [0, 0.1) is 39.9 Å². The number of aliphatic hydroxyl groups excluding tert-OH is 1. The molecular formula is C28H30FNO6. The van der Waals surface area contributed by atoms with E-state index in [0.717, 1.165) is 6.42 Å². The molecule has 1 aromatic heterocycles. The van der Waals surface area contributed by atoms with Gasteiger partial charge in [0.05, 0.1) is 6.61 Å². The van der Waals surface area contributed by atoms with Gasteiger partial charge in [-0.3, -0.25) is 4.79 Å². The van der Waals surface area contributed by atoms with E-state index in [0.29, 0.717) is 24.0 Å². The molecular weight excluding hydrogens is 465 g/mol. The second-order valence-electron chi connectivity index (χ2n) is 11.7. The summed E-state index contributed by atoms with van der Waals surface area (Å²) in [4.78, 5) is 30.5. The van der Waals surface area contributed by atoms with Crippen molar-refractivity contribution in [3.8, 4) is 0 Å². The van der Waals surface area contributed by atoms with Gasteiger partial charge in [-0.2, -0.15) is 4.39 Å². The molecule has 4 aliphatic carbocycles. The number of hydrogen-bond acceptors (Lipinski definition) is 7. The lowest BCUT2D eigenvalue weighted by molar-refractivity contribution is -0.436. The predicted molar refractivity (Wildman–Crippen MR) is 126 cm³/mol. The maximum Gasteiger partial charge on any atom is 0.331 e. The first-order valence-electron chi connectivity index (χ1n) is 12.4. The number of aromatic nitrogens is 1. The monoisotopic (exact) mass is 495 g/mol. The number of nitrogens with zero attached hydrogens (tertiary/aromatic N) is 1. The average molecular weight is 496 g/mol. The van der Waals surface area contributed by atoms with Gasteiger partial charge in [0.25, 0.3) is 0 Å². The van der Waals surface area contributed by atoms with Crippen molar-refractivity contribution in [1.29, 1.82) is 0 Å². The van der Waals surface area contributed by atoms with Crippen LogP contribution in [0.1, 0.15) is 38.7 Å². The molecule has 5 fully saturated rings. The molecule has 8 atom stereocenters. The lowest BCUT2D eigenvalue weighted by Gasteiger charge is -2.72. The predicted octanol–water partition coefficient (Wildman–Crippen LogP) is 2.98. The minimum absolute atomic E-state index is 0.181. The number of carbonyl (C=O) groups excluding carboxylic acids is 2.